The fourth-order valence-electron chi connectivity index (χ4n) is 3.86. The Hall–Kier alpha value is -4.51. The number of halogens is 2. The van der Waals surface area contributed by atoms with Crippen molar-refractivity contribution in [3.05, 3.63) is 82.3 Å². The van der Waals surface area contributed by atoms with Crippen LogP contribution in [0.5, 0.6) is 5.75 Å². The van der Waals surface area contributed by atoms with Gasteiger partial charge < -0.3 is 25.0 Å². The SMILES string of the molecule is CCCCCN(C)C(=N)c1ccc(C(=O)Nc2ccc(OCC(=O)OCC)cc2C(=O)Nc2ccc(Cl)cn2)c(F)c1. The number of hydrogen-bond acceptors (Lipinski definition) is 7. The lowest BCUT2D eigenvalue weighted by atomic mass is 10.1. The quantitative estimate of drug-likeness (QED) is 0.0986. The Morgan fingerprint density at radius 1 is 1.00 bits per heavy atom. The van der Waals surface area contributed by atoms with Gasteiger partial charge in [0.1, 0.15) is 23.2 Å². The van der Waals surface area contributed by atoms with Gasteiger partial charge in [0.05, 0.1) is 28.4 Å². The van der Waals surface area contributed by atoms with Crippen molar-refractivity contribution in [3.8, 4) is 5.75 Å². The number of aromatic nitrogens is 1. The van der Waals surface area contributed by atoms with Crippen LogP contribution in [0.1, 0.15) is 59.4 Å². The lowest BCUT2D eigenvalue weighted by Crippen LogP contribution is -2.28. The van der Waals surface area contributed by atoms with Crippen LogP contribution in [-0.2, 0) is 9.53 Å². The number of amidine groups is 1. The number of pyridine rings is 1. The summed E-state index contributed by atoms with van der Waals surface area (Å²) in [4.78, 5) is 43.8. The predicted octanol–water partition coefficient (Wildman–Crippen LogP) is 5.77. The van der Waals surface area contributed by atoms with Crippen molar-refractivity contribution < 1.29 is 28.2 Å². The van der Waals surface area contributed by atoms with Gasteiger partial charge in [-0.3, -0.25) is 15.0 Å². The van der Waals surface area contributed by atoms with Crippen LogP contribution in [0.3, 0.4) is 0 Å². The average Bonchev–Trinajstić information content (AvgIpc) is 2.97. The van der Waals surface area contributed by atoms with Gasteiger partial charge in [0.2, 0.25) is 0 Å². The first-order valence-electron chi connectivity index (χ1n) is 13.4. The molecule has 0 saturated carbocycles. The topological polar surface area (TPSA) is 134 Å². The number of benzene rings is 2. The summed E-state index contributed by atoms with van der Waals surface area (Å²) < 4.78 is 25.4. The third-order valence-corrected chi connectivity index (χ3v) is 6.30. The highest BCUT2D eigenvalue weighted by molar-refractivity contribution is 6.30. The highest BCUT2D eigenvalue weighted by Gasteiger charge is 2.20. The highest BCUT2D eigenvalue weighted by Crippen LogP contribution is 2.25. The molecule has 0 fully saturated rings. The van der Waals surface area contributed by atoms with Crippen molar-refractivity contribution >= 4 is 46.7 Å². The molecule has 0 aliphatic rings. The van der Waals surface area contributed by atoms with E-state index in [1.807, 2.05) is 0 Å². The van der Waals surface area contributed by atoms with Gasteiger partial charge in [-0.1, -0.05) is 37.4 Å². The molecule has 0 atom stereocenters. The molecule has 0 spiro atoms. The van der Waals surface area contributed by atoms with Gasteiger partial charge in [0, 0.05) is 25.4 Å². The second-order valence-corrected chi connectivity index (χ2v) is 9.68. The van der Waals surface area contributed by atoms with E-state index >= 15 is 4.39 Å². The smallest absolute Gasteiger partial charge is 0.344 e. The summed E-state index contributed by atoms with van der Waals surface area (Å²) in [6, 6.07) is 11.1. The van der Waals surface area contributed by atoms with Gasteiger partial charge in [-0.2, -0.15) is 0 Å². The summed E-state index contributed by atoms with van der Waals surface area (Å²) in [5.41, 5.74) is 0.0889. The van der Waals surface area contributed by atoms with Gasteiger partial charge in [-0.05, 0) is 55.8 Å². The van der Waals surface area contributed by atoms with Crippen molar-refractivity contribution in [2.75, 3.05) is 37.4 Å². The van der Waals surface area contributed by atoms with Gasteiger partial charge in [0.25, 0.3) is 11.8 Å². The summed E-state index contributed by atoms with van der Waals surface area (Å²) in [5.74, 6) is -2.37. The number of hydrogen-bond donors (Lipinski definition) is 3. The minimum atomic E-state index is -0.817. The Balaban J connectivity index is 1.82. The summed E-state index contributed by atoms with van der Waals surface area (Å²) >= 11 is 5.87. The molecule has 0 saturated heterocycles. The maximum Gasteiger partial charge on any atom is 0.344 e. The second-order valence-electron chi connectivity index (χ2n) is 9.24. The average molecular weight is 598 g/mol. The zero-order chi connectivity index (χ0) is 30.6. The number of amides is 2. The molecule has 0 bridgehead atoms. The number of ether oxygens (including phenoxy) is 2. The van der Waals surface area contributed by atoms with Gasteiger partial charge in [0.15, 0.2) is 6.61 Å². The molecule has 10 nitrogen and oxygen atoms in total. The summed E-state index contributed by atoms with van der Waals surface area (Å²) in [5, 5.41) is 13.9. The van der Waals surface area contributed by atoms with Gasteiger partial charge in [-0.15, -0.1) is 0 Å². The van der Waals surface area contributed by atoms with E-state index in [1.54, 1.807) is 24.9 Å². The first-order valence-corrected chi connectivity index (χ1v) is 13.8. The minimum absolute atomic E-state index is 0.0334. The molecule has 3 aromatic rings. The first-order chi connectivity index (χ1) is 20.1. The molecule has 2 amide bonds. The Kier molecular flexibility index (Phi) is 11.8. The van der Waals surface area contributed by atoms with Crippen LogP contribution in [-0.4, -0.2) is 60.3 Å². The lowest BCUT2D eigenvalue weighted by Gasteiger charge is -2.20. The number of nitrogens with one attached hydrogen (secondary N) is 3. The van der Waals surface area contributed by atoms with E-state index in [0.717, 1.165) is 25.3 Å². The molecule has 1 aromatic heterocycles. The number of nitrogens with zero attached hydrogens (tertiary/aromatic N) is 2. The van der Waals surface area contributed by atoms with Crippen LogP contribution < -0.4 is 15.4 Å². The molecule has 0 aliphatic carbocycles. The second kappa shape index (κ2) is 15.5. The summed E-state index contributed by atoms with van der Waals surface area (Å²) in [6.45, 7) is 4.20. The van der Waals surface area contributed by atoms with E-state index in [1.165, 1.54) is 42.6 Å². The van der Waals surface area contributed by atoms with E-state index in [0.29, 0.717) is 17.1 Å². The number of rotatable bonds is 13. The van der Waals surface area contributed by atoms with Crippen LogP contribution >= 0.6 is 11.6 Å². The number of carbonyl (C=O) groups is 3. The van der Waals surface area contributed by atoms with Crippen LogP contribution in [0, 0.1) is 11.2 Å². The zero-order valence-corrected chi connectivity index (χ0v) is 24.4. The molecule has 222 valence electrons. The normalized spacial score (nSPS) is 10.5. The molecule has 42 heavy (non-hydrogen) atoms. The lowest BCUT2D eigenvalue weighted by molar-refractivity contribution is -0.145. The maximum absolute atomic E-state index is 15.1. The van der Waals surface area contributed by atoms with Crippen molar-refractivity contribution in [1.82, 2.24) is 9.88 Å². The van der Waals surface area contributed by atoms with Crippen molar-refractivity contribution in [2.45, 2.75) is 33.1 Å². The molecule has 2 aromatic carbocycles. The van der Waals surface area contributed by atoms with Crippen LogP contribution in [0.2, 0.25) is 5.02 Å². The maximum atomic E-state index is 15.1. The molecule has 3 rings (SSSR count). The Bertz CT molecular complexity index is 1430. The van der Waals surface area contributed by atoms with Crippen molar-refractivity contribution in [1.29, 1.82) is 5.41 Å². The van der Waals surface area contributed by atoms with Crippen molar-refractivity contribution in [2.24, 2.45) is 0 Å². The van der Waals surface area contributed by atoms with Gasteiger partial charge in [-0.25, -0.2) is 14.2 Å². The van der Waals surface area contributed by atoms with Crippen LogP contribution in [0.15, 0.2) is 54.7 Å². The third kappa shape index (κ3) is 9.00. The fourth-order valence-corrected chi connectivity index (χ4v) is 3.97. The monoisotopic (exact) mass is 597 g/mol. The van der Waals surface area contributed by atoms with E-state index in [-0.39, 0.29) is 47.4 Å². The van der Waals surface area contributed by atoms with Gasteiger partial charge >= 0.3 is 5.97 Å². The molecule has 3 N–H and O–H groups in total. The molecular weight excluding hydrogens is 565 g/mol. The molecule has 0 radical (unpaired) electrons. The first kappa shape index (κ1) is 32.0. The van der Waals surface area contributed by atoms with Crippen LogP contribution in [0.4, 0.5) is 15.9 Å². The Morgan fingerprint density at radius 2 is 1.76 bits per heavy atom. The van der Waals surface area contributed by atoms with E-state index in [9.17, 15) is 14.4 Å². The molecule has 0 unspecified atom stereocenters. The summed E-state index contributed by atoms with van der Waals surface area (Å²) in [7, 11) is 1.77. The largest absolute Gasteiger partial charge is 0.482 e. The highest BCUT2D eigenvalue weighted by atomic mass is 35.5. The number of unbranched alkanes of at least 4 members (excludes halogenated alkanes) is 2. The molecular formula is C30H33ClFN5O5. The summed E-state index contributed by atoms with van der Waals surface area (Å²) in [6.07, 6.45) is 4.34. The standard InChI is InChI=1S/C30H33ClFN5O5/c1-4-6-7-14-37(3)28(33)19-8-11-22(24(32)15-19)29(39)35-25-12-10-21(42-18-27(38)41-5-2)16-23(25)30(40)36-26-13-9-20(31)17-34-26/h8-13,15-17,33H,4-7,14,18H2,1-3H3,(H,35,39)(H,34,36,40). The molecule has 1 heterocycles. The van der Waals surface area contributed by atoms with E-state index in [4.69, 9.17) is 26.5 Å². The molecule has 12 heteroatoms. The number of carbonyl (C=O) groups excluding carboxylic acids is 3. The number of esters is 1. The molecule has 0 aliphatic heterocycles. The number of anilines is 2. The minimum Gasteiger partial charge on any atom is -0.482 e. The fraction of sp³-hybridized carbons (Fsp3) is 0.300. The zero-order valence-electron chi connectivity index (χ0n) is 23.6. The van der Waals surface area contributed by atoms with E-state index in [2.05, 4.69) is 22.5 Å². The third-order valence-electron chi connectivity index (χ3n) is 6.08. The van der Waals surface area contributed by atoms with Crippen molar-refractivity contribution in [3.63, 3.8) is 0 Å². The Morgan fingerprint density at radius 3 is 2.43 bits per heavy atom. The predicted molar refractivity (Wildman–Crippen MR) is 159 cm³/mol. The van der Waals surface area contributed by atoms with Crippen LogP contribution in [0.25, 0.3) is 0 Å². The van der Waals surface area contributed by atoms with E-state index < -0.39 is 23.6 Å². The Labute approximate surface area is 248 Å².